The Hall–Kier alpha value is -2.23. The lowest BCUT2D eigenvalue weighted by Gasteiger charge is -2.19. The molecule has 0 spiro atoms. The van der Waals surface area contributed by atoms with E-state index in [2.05, 4.69) is 9.97 Å². The van der Waals surface area contributed by atoms with Gasteiger partial charge in [0.25, 0.3) is 0 Å². The number of aromatic amines is 1. The van der Waals surface area contributed by atoms with Crippen molar-refractivity contribution < 1.29 is 18.3 Å². The van der Waals surface area contributed by atoms with Gasteiger partial charge in [0.05, 0.1) is 18.0 Å². The average molecular weight is 352 g/mol. The quantitative estimate of drug-likeness (QED) is 0.634. The number of rotatable bonds is 8. The predicted molar refractivity (Wildman–Crippen MR) is 87.8 cm³/mol. The molecule has 0 radical (unpaired) electrons. The number of benzene rings is 1. The molecule has 0 aliphatic rings. The van der Waals surface area contributed by atoms with Crippen molar-refractivity contribution >= 4 is 16.0 Å². The van der Waals surface area contributed by atoms with E-state index >= 15 is 0 Å². The molecule has 0 atom stereocenters. The Bertz CT molecular complexity index is 799. The fourth-order valence-corrected chi connectivity index (χ4v) is 2.81. The number of primary sulfonamides is 1. The number of imidazole rings is 1. The van der Waals surface area contributed by atoms with Crippen LogP contribution in [0.1, 0.15) is 17.1 Å². The van der Waals surface area contributed by atoms with Crippen LogP contribution < -0.4 is 5.14 Å². The van der Waals surface area contributed by atoms with E-state index in [4.69, 9.17) is 10.2 Å². The molecule has 1 aromatic heterocycles. The van der Waals surface area contributed by atoms with Gasteiger partial charge in [0.15, 0.2) is 0 Å². The molecule has 1 aromatic carbocycles. The number of H-pyrrole nitrogens is 1. The number of hydrogen-bond acceptors (Lipinski definition) is 5. The van der Waals surface area contributed by atoms with Crippen LogP contribution in [0.25, 0.3) is 0 Å². The zero-order valence-corrected chi connectivity index (χ0v) is 14.1. The Morgan fingerprint density at radius 3 is 2.50 bits per heavy atom. The van der Waals surface area contributed by atoms with Crippen molar-refractivity contribution in [2.45, 2.75) is 24.8 Å². The van der Waals surface area contributed by atoms with E-state index in [1.54, 1.807) is 23.2 Å². The number of hydrogen-bond donors (Lipinski definition) is 3. The molecule has 130 valence electrons. The Morgan fingerprint density at radius 1 is 1.33 bits per heavy atom. The molecule has 0 aliphatic heterocycles. The highest BCUT2D eigenvalue weighted by Gasteiger charge is 2.13. The lowest BCUT2D eigenvalue weighted by atomic mass is 10.1. The highest BCUT2D eigenvalue weighted by atomic mass is 32.2. The number of carboxylic acid groups (broad SMARTS) is 1. The van der Waals surface area contributed by atoms with E-state index in [-0.39, 0.29) is 11.4 Å². The third kappa shape index (κ3) is 5.44. The molecular formula is C15H20N4O4S. The van der Waals surface area contributed by atoms with Crippen molar-refractivity contribution in [2.24, 2.45) is 5.14 Å². The average Bonchev–Trinajstić information content (AvgIpc) is 2.89. The number of aromatic nitrogens is 2. The third-order valence-corrected chi connectivity index (χ3v) is 4.39. The summed E-state index contributed by atoms with van der Waals surface area (Å²) in [6.07, 6.45) is 2.28. The van der Waals surface area contributed by atoms with Crippen LogP contribution in [0.2, 0.25) is 0 Å². The van der Waals surface area contributed by atoms with Crippen molar-refractivity contribution in [2.75, 3.05) is 13.1 Å². The van der Waals surface area contributed by atoms with Gasteiger partial charge in [-0.3, -0.25) is 9.69 Å². The molecular weight excluding hydrogens is 332 g/mol. The minimum Gasteiger partial charge on any atom is -0.480 e. The number of aryl methyl sites for hydroxylation is 1. The topological polar surface area (TPSA) is 129 Å². The lowest BCUT2D eigenvalue weighted by molar-refractivity contribution is -0.138. The number of nitrogens with zero attached hydrogens (tertiary/aromatic N) is 2. The van der Waals surface area contributed by atoms with Gasteiger partial charge in [0, 0.05) is 18.4 Å². The molecule has 24 heavy (non-hydrogen) atoms. The van der Waals surface area contributed by atoms with Crippen molar-refractivity contribution in [3.63, 3.8) is 0 Å². The van der Waals surface area contributed by atoms with Crippen LogP contribution >= 0.6 is 0 Å². The van der Waals surface area contributed by atoms with Crippen LogP contribution in [0.5, 0.6) is 0 Å². The van der Waals surface area contributed by atoms with E-state index in [1.165, 1.54) is 12.1 Å². The molecule has 0 bridgehead atoms. The van der Waals surface area contributed by atoms with Gasteiger partial charge < -0.3 is 10.1 Å². The van der Waals surface area contributed by atoms with E-state index in [1.807, 2.05) is 6.92 Å². The number of nitrogens with two attached hydrogens (primary N) is 1. The summed E-state index contributed by atoms with van der Waals surface area (Å²) >= 11 is 0. The standard InChI is InChI=1S/C15H20N4O4S/c1-11-8-17-14(18-11)9-19(10-15(20)21)7-6-12-2-4-13(5-3-12)24(16,22)23/h2-5,8H,6-7,9-10H2,1H3,(H,17,18)(H,20,21)(H2,16,22,23). The van der Waals surface area contributed by atoms with Gasteiger partial charge in [-0.15, -0.1) is 0 Å². The molecule has 8 nitrogen and oxygen atoms in total. The maximum absolute atomic E-state index is 11.2. The van der Waals surface area contributed by atoms with Crippen LogP contribution in [0, 0.1) is 6.92 Å². The van der Waals surface area contributed by atoms with Gasteiger partial charge in [0.1, 0.15) is 5.82 Å². The number of carboxylic acids is 1. The van der Waals surface area contributed by atoms with Crippen molar-refractivity contribution in [1.29, 1.82) is 0 Å². The van der Waals surface area contributed by atoms with Crippen molar-refractivity contribution in [1.82, 2.24) is 14.9 Å². The second-order valence-electron chi connectivity index (χ2n) is 5.56. The number of nitrogens with one attached hydrogen (secondary N) is 1. The lowest BCUT2D eigenvalue weighted by Crippen LogP contribution is -2.31. The molecule has 0 fully saturated rings. The zero-order valence-electron chi connectivity index (χ0n) is 13.3. The molecule has 2 rings (SSSR count). The molecule has 4 N–H and O–H groups in total. The maximum Gasteiger partial charge on any atom is 0.317 e. The molecule has 9 heteroatoms. The van der Waals surface area contributed by atoms with Crippen LogP contribution in [-0.4, -0.2) is 47.5 Å². The second kappa shape index (κ2) is 7.56. The normalized spacial score (nSPS) is 11.8. The molecule has 0 saturated heterocycles. The summed E-state index contributed by atoms with van der Waals surface area (Å²) in [7, 11) is -3.71. The number of aliphatic carboxylic acids is 1. The summed E-state index contributed by atoms with van der Waals surface area (Å²) in [6.45, 7) is 2.68. The Labute approximate surface area is 140 Å². The van der Waals surface area contributed by atoms with E-state index in [0.29, 0.717) is 25.3 Å². The Balaban J connectivity index is 2.00. The smallest absolute Gasteiger partial charge is 0.317 e. The summed E-state index contributed by atoms with van der Waals surface area (Å²) in [5.74, 6) is -0.207. The molecule has 0 amide bonds. The van der Waals surface area contributed by atoms with Gasteiger partial charge in [-0.2, -0.15) is 0 Å². The number of sulfonamides is 1. The van der Waals surface area contributed by atoms with Crippen LogP contribution in [0.3, 0.4) is 0 Å². The first kappa shape index (κ1) is 18.1. The molecule has 0 unspecified atom stereocenters. The third-order valence-electron chi connectivity index (χ3n) is 3.46. The first-order chi connectivity index (χ1) is 11.2. The van der Waals surface area contributed by atoms with E-state index < -0.39 is 16.0 Å². The molecule has 0 aliphatic carbocycles. The molecule has 0 saturated carbocycles. The SMILES string of the molecule is Cc1cnc(CN(CCc2ccc(S(N)(=O)=O)cc2)CC(=O)O)[nH]1. The largest absolute Gasteiger partial charge is 0.480 e. The van der Waals surface area contributed by atoms with E-state index in [9.17, 15) is 13.2 Å². The number of carbonyl (C=O) groups is 1. The Morgan fingerprint density at radius 2 is 2.00 bits per heavy atom. The van der Waals surface area contributed by atoms with Gasteiger partial charge in [-0.05, 0) is 31.0 Å². The van der Waals surface area contributed by atoms with E-state index in [0.717, 1.165) is 11.3 Å². The molecule has 2 aromatic rings. The first-order valence-corrected chi connectivity index (χ1v) is 8.85. The van der Waals surface area contributed by atoms with Gasteiger partial charge >= 0.3 is 5.97 Å². The minimum atomic E-state index is -3.71. The maximum atomic E-state index is 11.2. The summed E-state index contributed by atoms with van der Waals surface area (Å²) in [4.78, 5) is 20.1. The summed E-state index contributed by atoms with van der Waals surface area (Å²) in [5, 5.41) is 14.1. The predicted octanol–water partition coefficient (Wildman–Crippen LogP) is 0.495. The van der Waals surface area contributed by atoms with Gasteiger partial charge in [-0.1, -0.05) is 12.1 Å². The minimum absolute atomic E-state index is 0.0553. The second-order valence-corrected chi connectivity index (χ2v) is 7.12. The van der Waals surface area contributed by atoms with Crippen molar-refractivity contribution in [3.8, 4) is 0 Å². The van der Waals surface area contributed by atoms with Gasteiger partial charge in [0.2, 0.25) is 10.0 Å². The molecule has 1 heterocycles. The monoisotopic (exact) mass is 352 g/mol. The summed E-state index contributed by atoms with van der Waals surface area (Å²) in [5.41, 5.74) is 1.81. The van der Waals surface area contributed by atoms with Crippen molar-refractivity contribution in [3.05, 3.63) is 47.5 Å². The Kier molecular flexibility index (Phi) is 5.71. The zero-order chi connectivity index (χ0) is 17.7. The highest BCUT2D eigenvalue weighted by molar-refractivity contribution is 7.89. The summed E-state index contributed by atoms with van der Waals surface area (Å²) < 4.78 is 22.5. The van der Waals surface area contributed by atoms with Gasteiger partial charge in [-0.25, -0.2) is 18.5 Å². The van der Waals surface area contributed by atoms with Crippen LogP contribution in [0.4, 0.5) is 0 Å². The summed E-state index contributed by atoms with van der Waals surface area (Å²) in [6, 6.07) is 6.25. The van der Waals surface area contributed by atoms with Crippen LogP contribution in [0.15, 0.2) is 35.4 Å². The highest BCUT2D eigenvalue weighted by Crippen LogP contribution is 2.10. The fraction of sp³-hybridized carbons (Fsp3) is 0.333. The first-order valence-electron chi connectivity index (χ1n) is 7.30. The van der Waals surface area contributed by atoms with Crippen LogP contribution in [-0.2, 0) is 27.8 Å². The fourth-order valence-electron chi connectivity index (χ4n) is 2.30.